The normalized spacial score (nSPS) is 11.5. The van der Waals surface area contributed by atoms with Crippen LogP contribution in [0.3, 0.4) is 0 Å². The van der Waals surface area contributed by atoms with Gasteiger partial charge in [-0.1, -0.05) is 49.4 Å². The Labute approximate surface area is 154 Å². The largest absolute Gasteiger partial charge is 0.493 e. The van der Waals surface area contributed by atoms with E-state index in [4.69, 9.17) is 4.74 Å². The molecule has 0 bridgehead atoms. The average Bonchev–Trinajstić information content (AvgIpc) is 2.63. The smallest absolute Gasteiger partial charge is 0.262 e. The van der Waals surface area contributed by atoms with E-state index in [1.165, 1.54) is 0 Å². The second-order valence-electron chi connectivity index (χ2n) is 6.11. The fourth-order valence-corrected chi connectivity index (χ4v) is 4.50. The minimum atomic E-state index is -3.73. The molecule has 0 aliphatic rings. The molecule has 0 spiro atoms. The fourth-order valence-electron chi connectivity index (χ4n) is 3.12. The third-order valence-corrected chi connectivity index (χ3v) is 5.82. The van der Waals surface area contributed by atoms with Gasteiger partial charge in [0.25, 0.3) is 10.0 Å². The lowest BCUT2D eigenvalue weighted by molar-refractivity contribution is 0.344. The molecule has 0 saturated heterocycles. The number of ether oxygens (including phenoxy) is 1. The number of benzene rings is 3. The van der Waals surface area contributed by atoms with E-state index in [0.29, 0.717) is 23.4 Å². The summed E-state index contributed by atoms with van der Waals surface area (Å²) in [7, 11) is -3.73. The number of aryl methyl sites for hydroxylation is 2. The Morgan fingerprint density at radius 3 is 2.35 bits per heavy atom. The molecular weight excluding hydrogens is 346 g/mol. The molecule has 0 heterocycles. The van der Waals surface area contributed by atoms with Gasteiger partial charge in [-0.2, -0.15) is 0 Å². The summed E-state index contributed by atoms with van der Waals surface area (Å²) in [5.74, 6) is 0.687. The van der Waals surface area contributed by atoms with Crippen molar-refractivity contribution in [3.8, 4) is 5.75 Å². The average molecular weight is 369 g/mol. The Kier molecular flexibility index (Phi) is 5.18. The number of hydrogen-bond acceptors (Lipinski definition) is 3. The number of sulfonamides is 1. The molecule has 0 aliphatic heterocycles. The van der Waals surface area contributed by atoms with Gasteiger partial charge in [0.05, 0.1) is 17.2 Å². The van der Waals surface area contributed by atoms with Crippen LogP contribution in [0.4, 0.5) is 5.69 Å². The van der Waals surface area contributed by atoms with Crippen molar-refractivity contribution in [3.63, 3.8) is 0 Å². The maximum absolute atomic E-state index is 13.2. The molecule has 0 amide bonds. The van der Waals surface area contributed by atoms with E-state index in [1.54, 1.807) is 12.1 Å². The van der Waals surface area contributed by atoms with Crippen molar-refractivity contribution in [2.24, 2.45) is 0 Å². The lowest BCUT2D eigenvalue weighted by atomic mass is 10.1. The van der Waals surface area contributed by atoms with E-state index in [9.17, 15) is 8.42 Å². The summed E-state index contributed by atoms with van der Waals surface area (Å²) < 4.78 is 34.7. The van der Waals surface area contributed by atoms with Crippen molar-refractivity contribution in [1.82, 2.24) is 0 Å². The zero-order chi connectivity index (χ0) is 18.7. The summed E-state index contributed by atoms with van der Waals surface area (Å²) in [5.41, 5.74) is 2.54. The van der Waals surface area contributed by atoms with E-state index in [-0.39, 0.29) is 4.90 Å². The fraction of sp³-hybridized carbons (Fsp3) is 0.238. The Balaban J connectivity index is 2.13. The summed E-state index contributed by atoms with van der Waals surface area (Å²) >= 11 is 0. The van der Waals surface area contributed by atoms with Gasteiger partial charge < -0.3 is 4.74 Å². The number of fused-ring (bicyclic) bond motifs is 1. The molecule has 3 rings (SSSR count). The van der Waals surface area contributed by atoms with Crippen LogP contribution in [0.2, 0.25) is 0 Å². The van der Waals surface area contributed by atoms with Gasteiger partial charge in [0.2, 0.25) is 0 Å². The maximum atomic E-state index is 13.2. The first-order valence-electron chi connectivity index (χ1n) is 8.73. The zero-order valence-electron chi connectivity index (χ0n) is 15.2. The van der Waals surface area contributed by atoms with E-state index < -0.39 is 10.0 Å². The number of para-hydroxylation sites is 1. The van der Waals surface area contributed by atoms with Gasteiger partial charge in [-0.05, 0) is 43.5 Å². The number of rotatable bonds is 6. The predicted octanol–water partition coefficient (Wildman–Crippen LogP) is 4.91. The second kappa shape index (κ2) is 7.38. The molecule has 0 saturated carbocycles. The van der Waals surface area contributed by atoms with Gasteiger partial charge in [0.1, 0.15) is 5.75 Å². The molecule has 1 N–H and O–H groups in total. The third-order valence-electron chi connectivity index (χ3n) is 4.41. The number of hydrogen-bond donors (Lipinski definition) is 1. The highest BCUT2D eigenvalue weighted by atomic mass is 32.2. The minimum absolute atomic E-state index is 0.252. The highest BCUT2D eigenvalue weighted by Crippen LogP contribution is 2.33. The monoisotopic (exact) mass is 369 g/mol. The summed E-state index contributed by atoms with van der Waals surface area (Å²) in [6.45, 7) is 6.36. The lowest BCUT2D eigenvalue weighted by Gasteiger charge is -2.16. The van der Waals surface area contributed by atoms with Gasteiger partial charge in [0, 0.05) is 10.8 Å². The van der Waals surface area contributed by atoms with Crippen LogP contribution in [-0.4, -0.2) is 15.0 Å². The van der Waals surface area contributed by atoms with Crippen LogP contribution in [0.5, 0.6) is 5.75 Å². The Morgan fingerprint density at radius 2 is 1.65 bits per heavy atom. The molecule has 3 aromatic carbocycles. The summed E-state index contributed by atoms with van der Waals surface area (Å²) in [6, 6.07) is 16.5. The van der Waals surface area contributed by atoms with E-state index >= 15 is 0 Å². The molecule has 0 aliphatic carbocycles. The van der Waals surface area contributed by atoms with Crippen LogP contribution in [-0.2, 0) is 16.4 Å². The molecule has 3 aromatic rings. The molecule has 0 radical (unpaired) electrons. The van der Waals surface area contributed by atoms with Crippen molar-refractivity contribution >= 4 is 26.5 Å². The first-order chi connectivity index (χ1) is 12.5. The molecule has 0 fully saturated rings. The zero-order valence-corrected chi connectivity index (χ0v) is 16.1. The van der Waals surface area contributed by atoms with Gasteiger partial charge in [-0.25, -0.2) is 8.42 Å². The van der Waals surface area contributed by atoms with Gasteiger partial charge in [-0.15, -0.1) is 0 Å². The standard InChI is InChI=1S/C21H23NO3S/c1-4-16-10-8-9-15(3)21(16)22-26(23,24)20-14-13-19(25-5-2)17-11-6-7-12-18(17)20/h6-14,22H,4-5H2,1-3H3. The molecule has 5 heteroatoms. The first-order valence-corrected chi connectivity index (χ1v) is 10.2. The molecule has 0 aromatic heterocycles. The van der Waals surface area contributed by atoms with Gasteiger partial charge in [0.15, 0.2) is 0 Å². The molecule has 0 unspecified atom stereocenters. The van der Waals surface area contributed by atoms with Crippen LogP contribution in [0.15, 0.2) is 59.5 Å². The topological polar surface area (TPSA) is 55.4 Å². The Hall–Kier alpha value is -2.53. The third kappa shape index (κ3) is 3.40. The van der Waals surface area contributed by atoms with Gasteiger partial charge >= 0.3 is 0 Å². The molecule has 26 heavy (non-hydrogen) atoms. The Morgan fingerprint density at radius 1 is 0.923 bits per heavy atom. The summed E-state index contributed by atoms with van der Waals surface area (Å²) in [4.78, 5) is 0.252. The molecular formula is C21H23NO3S. The van der Waals surface area contributed by atoms with Crippen LogP contribution < -0.4 is 9.46 Å². The lowest BCUT2D eigenvalue weighted by Crippen LogP contribution is -2.15. The SMILES string of the molecule is CCOc1ccc(S(=O)(=O)Nc2c(C)cccc2CC)c2ccccc12. The van der Waals surface area contributed by atoms with Crippen molar-refractivity contribution in [2.75, 3.05) is 11.3 Å². The van der Waals surface area contributed by atoms with Crippen molar-refractivity contribution in [2.45, 2.75) is 32.1 Å². The van der Waals surface area contributed by atoms with E-state index in [1.807, 2.05) is 63.2 Å². The molecule has 136 valence electrons. The summed E-state index contributed by atoms with van der Waals surface area (Å²) in [6.07, 6.45) is 0.754. The van der Waals surface area contributed by atoms with Crippen molar-refractivity contribution in [1.29, 1.82) is 0 Å². The Bertz CT molecular complexity index is 1040. The van der Waals surface area contributed by atoms with Crippen LogP contribution in [0.1, 0.15) is 25.0 Å². The van der Waals surface area contributed by atoms with Crippen molar-refractivity contribution in [3.05, 3.63) is 65.7 Å². The van der Waals surface area contributed by atoms with Gasteiger partial charge in [-0.3, -0.25) is 4.72 Å². The highest BCUT2D eigenvalue weighted by molar-refractivity contribution is 7.93. The number of nitrogens with one attached hydrogen (secondary N) is 1. The minimum Gasteiger partial charge on any atom is -0.493 e. The summed E-state index contributed by atoms with van der Waals surface area (Å²) in [5, 5.41) is 1.44. The maximum Gasteiger partial charge on any atom is 0.262 e. The number of anilines is 1. The van der Waals surface area contributed by atoms with Crippen LogP contribution >= 0.6 is 0 Å². The second-order valence-corrected chi connectivity index (χ2v) is 7.76. The van der Waals surface area contributed by atoms with E-state index in [0.717, 1.165) is 22.9 Å². The quantitative estimate of drug-likeness (QED) is 0.672. The highest BCUT2D eigenvalue weighted by Gasteiger charge is 2.21. The van der Waals surface area contributed by atoms with E-state index in [2.05, 4.69) is 4.72 Å². The predicted molar refractivity (Wildman–Crippen MR) is 106 cm³/mol. The first kappa shape index (κ1) is 18.3. The van der Waals surface area contributed by atoms with Crippen LogP contribution in [0.25, 0.3) is 10.8 Å². The molecule has 0 atom stereocenters. The molecule has 4 nitrogen and oxygen atoms in total. The van der Waals surface area contributed by atoms with Crippen molar-refractivity contribution < 1.29 is 13.2 Å². The van der Waals surface area contributed by atoms with Crippen LogP contribution in [0, 0.1) is 6.92 Å².